The summed E-state index contributed by atoms with van der Waals surface area (Å²) in [6.07, 6.45) is 3.64. The van der Waals surface area contributed by atoms with Crippen LogP contribution >= 0.6 is 11.8 Å². The van der Waals surface area contributed by atoms with Crippen molar-refractivity contribution in [1.82, 2.24) is 20.4 Å². The molecular weight excluding hydrogens is 336 g/mol. The fraction of sp³-hybridized carbons (Fsp3) is 0.389. The fourth-order valence-electron chi connectivity index (χ4n) is 2.59. The van der Waals surface area contributed by atoms with Crippen molar-refractivity contribution in [3.8, 4) is 5.69 Å². The van der Waals surface area contributed by atoms with Gasteiger partial charge < -0.3 is 10.6 Å². The van der Waals surface area contributed by atoms with Gasteiger partial charge in [-0.05, 0) is 32.4 Å². The summed E-state index contributed by atoms with van der Waals surface area (Å²) in [7, 11) is 0. The van der Waals surface area contributed by atoms with Gasteiger partial charge in [0.05, 0.1) is 16.6 Å². The standard InChI is InChI=1S/C18H22N4O2S/c1-12-6-4-5-7-15(12)22-10-13(9-20-22)8-19-16(23)14-11-25-18(2,3)17(24)21-14/h4-7,9-10,14H,8,11H2,1-3H3,(H,19,23)(H,21,24)/t14-/m1/s1. The monoisotopic (exact) mass is 358 g/mol. The van der Waals surface area contributed by atoms with E-state index in [9.17, 15) is 9.59 Å². The lowest BCUT2D eigenvalue weighted by Gasteiger charge is -2.32. The van der Waals surface area contributed by atoms with E-state index < -0.39 is 10.8 Å². The number of hydrogen-bond donors (Lipinski definition) is 2. The van der Waals surface area contributed by atoms with Gasteiger partial charge in [0, 0.05) is 24.1 Å². The van der Waals surface area contributed by atoms with Crippen LogP contribution in [0, 0.1) is 6.92 Å². The highest BCUT2D eigenvalue weighted by Crippen LogP contribution is 2.29. The van der Waals surface area contributed by atoms with Crippen molar-refractivity contribution >= 4 is 23.6 Å². The maximum absolute atomic E-state index is 12.3. The molecule has 7 heteroatoms. The van der Waals surface area contributed by atoms with E-state index in [0.717, 1.165) is 16.8 Å². The van der Waals surface area contributed by atoms with Crippen molar-refractivity contribution in [1.29, 1.82) is 0 Å². The van der Waals surface area contributed by atoms with Gasteiger partial charge in [-0.25, -0.2) is 4.68 Å². The summed E-state index contributed by atoms with van der Waals surface area (Å²) in [5, 5.41) is 10.0. The van der Waals surface area contributed by atoms with Gasteiger partial charge in [0.25, 0.3) is 0 Å². The largest absolute Gasteiger partial charge is 0.350 e. The first kappa shape index (κ1) is 17.5. The van der Waals surface area contributed by atoms with E-state index in [1.165, 1.54) is 11.8 Å². The SMILES string of the molecule is Cc1ccccc1-n1cc(CNC(=O)[C@H]2CSC(C)(C)C(=O)N2)cn1. The molecule has 1 saturated heterocycles. The number of thioether (sulfide) groups is 1. The third-order valence-corrected chi connectivity index (χ3v) is 5.65. The second kappa shape index (κ2) is 6.92. The van der Waals surface area contributed by atoms with Crippen LogP contribution in [0.2, 0.25) is 0 Å². The summed E-state index contributed by atoms with van der Waals surface area (Å²) >= 11 is 1.50. The maximum Gasteiger partial charge on any atom is 0.243 e. The van der Waals surface area contributed by atoms with Crippen molar-refractivity contribution < 1.29 is 9.59 Å². The predicted octanol–water partition coefficient (Wildman–Crippen LogP) is 1.81. The lowest BCUT2D eigenvalue weighted by atomic mass is 10.1. The molecule has 0 radical (unpaired) electrons. The Balaban J connectivity index is 1.59. The van der Waals surface area contributed by atoms with Crippen LogP contribution in [-0.4, -0.2) is 38.1 Å². The molecule has 0 unspecified atom stereocenters. The molecular formula is C18H22N4O2S. The molecule has 0 bridgehead atoms. The average Bonchev–Trinajstić information content (AvgIpc) is 3.04. The molecule has 2 N–H and O–H groups in total. The number of aromatic nitrogens is 2. The summed E-state index contributed by atoms with van der Waals surface area (Å²) in [5.74, 6) is 0.309. The summed E-state index contributed by atoms with van der Waals surface area (Å²) in [5.41, 5.74) is 3.05. The van der Waals surface area contributed by atoms with Gasteiger partial charge >= 0.3 is 0 Å². The summed E-state index contributed by atoms with van der Waals surface area (Å²) in [6.45, 7) is 6.14. The van der Waals surface area contributed by atoms with Crippen LogP contribution in [0.25, 0.3) is 5.69 Å². The molecule has 6 nitrogen and oxygen atoms in total. The number of carbonyl (C=O) groups is 2. The minimum atomic E-state index is -0.489. The van der Waals surface area contributed by atoms with Gasteiger partial charge in [-0.2, -0.15) is 5.10 Å². The Labute approximate surface area is 151 Å². The maximum atomic E-state index is 12.3. The Bertz CT molecular complexity index is 800. The quantitative estimate of drug-likeness (QED) is 0.874. The molecule has 25 heavy (non-hydrogen) atoms. The molecule has 0 spiro atoms. The second-order valence-corrected chi connectivity index (χ2v) is 8.29. The van der Waals surface area contributed by atoms with E-state index in [0.29, 0.717) is 12.3 Å². The number of para-hydroxylation sites is 1. The zero-order valence-corrected chi connectivity index (χ0v) is 15.4. The molecule has 1 aromatic heterocycles. The molecule has 0 aliphatic carbocycles. The summed E-state index contributed by atoms with van der Waals surface area (Å²) in [4.78, 5) is 24.3. The minimum absolute atomic E-state index is 0.101. The summed E-state index contributed by atoms with van der Waals surface area (Å²) < 4.78 is 1.32. The predicted molar refractivity (Wildman–Crippen MR) is 98.6 cm³/mol. The van der Waals surface area contributed by atoms with Gasteiger partial charge in [-0.15, -0.1) is 11.8 Å². The molecule has 2 amide bonds. The Morgan fingerprint density at radius 1 is 1.44 bits per heavy atom. The van der Waals surface area contributed by atoms with Crippen LogP contribution in [0.1, 0.15) is 25.0 Å². The van der Waals surface area contributed by atoms with Crippen LogP contribution in [0.4, 0.5) is 0 Å². The molecule has 2 aromatic rings. The molecule has 3 rings (SSSR count). The van der Waals surface area contributed by atoms with Crippen molar-refractivity contribution in [2.45, 2.75) is 38.1 Å². The van der Waals surface area contributed by atoms with Gasteiger partial charge in [-0.3, -0.25) is 9.59 Å². The van der Waals surface area contributed by atoms with Gasteiger partial charge in [0.15, 0.2) is 0 Å². The van der Waals surface area contributed by atoms with Crippen LogP contribution in [0.3, 0.4) is 0 Å². The molecule has 1 fully saturated rings. The van der Waals surface area contributed by atoms with Gasteiger partial charge in [-0.1, -0.05) is 18.2 Å². The first-order valence-electron chi connectivity index (χ1n) is 8.19. The van der Waals surface area contributed by atoms with E-state index in [1.807, 2.05) is 51.2 Å². The van der Waals surface area contributed by atoms with Crippen molar-refractivity contribution in [2.75, 3.05) is 5.75 Å². The lowest BCUT2D eigenvalue weighted by Crippen LogP contribution is -2.56. The van der Waals surface area contributed by atoms with E-state index in [4.69, 9.17) is 0 Å². The number of rotatable bonds is 4. The number of benzene rings is 1. The first-order valence-corrected chi connectivity index (χ1v) is 9.17. The molecule has 1 atom stereocenters. The first-order chi connectivity index (χ1) is 11.9. The fourth-order valence-corrected chi connectivity index (χ4v) is 3.60. The van der Waals surface area contributed by atoms with Crippen molar-refractivity contribution in [3.63, 3.8) is 0 Å². The topological polar surface area (TPSA) is 76.0 Å². The number of hydrogen-bond acceptors (Lipinski definition) is 4. The highest BCUT2D eigenvalue weighted by molar-refractivity contribution is 8.01. The van der Waals surface area contributed by atoms with E-state index >= 15 is 0 Å². The van der Waals surface area contributed by atoms with Crippen molar-refractivity contribution in [3.05, 3.63) is 47.8 Å². The Hall–Kier alpha value is -2.28. The second-order valence-electron chi connectivity index (χ2n) is 6.64. The molecule has 1 aliphatic heterocycles. The zero-order valence-electron chi connectivity index (χ0n) is 14.6. The van der Waals surface area contributed by atoms with Crippen molar-refractivity contribution in [2.24, 2.45) is 0 Å². The van der Waals surface area contributed by atoms with Gasteiger partial charge in [0.1, 0.15) is 6.04 Å². The van der Waals surface area contributed by atoms with Crippen LogP contribution in [0.15, 0.2) is 36.7 Å². The van der Waals surface area contributed by atoms with Crippen LogP contribution < -0.4 is 10.6 Å². The lowest BCUT2D eigenvalue weighted by molar-refractivity contribution is -0.129. The molecule has 2 heterocycles. The highest BCUT2D eigenvalue weighted by Gasteiger charge is 2.37. The minimum Gasteiger partial charge on any atom is -0.350 e. The number of nitrogens with one attached hydrogen (secondary N) is 2. The average molecular weight is 358 g/mol. The third-order valence-electron chi connectivity index (χ3n) is 4.24. The third kappa shape index (κ3) is 3.87. The van der Waals surface area contributed by atoms with Gasteiger partial charge in [0.2, 0.25) is 11.8 Å². The highest BCUT2D eigenvalue weighted by atomic mass is 32.2. The zero-order chi connectivity index (χ0) is 18.0. The Kier molecular flexibility index (Phi) is 4.85. The van der Waals surface area contributed by atoms with E-state index in [1.54, 1.807) is 10.9 Å². The summed E-state index contributed by atoms with van der Waals surface area (Å²) in [6, 6.07) is 7.50. The van der Waals surface area contributed by atoms with E-state index in [2.05, 4.69) is 15.7 Å². The van der Waals surface area contributed by atoms with Crippen LogP contribution in [-0.2, 0) is 16.1 Å². The van der Waals surface area contributed by atoms with Crippen LogP contribution in [0.5, 0.6) is 0 Å². The molecule has 1 aliphatic rings. The molecule has 1 aromatic carbocycles. The Morgan fingerprint density at radius 3 is 2.92 bits per heavy atom. The number of nitrogens with zero attached hydrogens (tertiary/aromatic N) is 2. The number of aryl methyl sites for hydroxylation is 1. The number of carbonyl (C=O) groups excluding carboxylic acids is 2. The Morgan fingerprint density at radius 2 is 2.20 bits per heavy atom. The smallest absolute Gasteiger partial charge is 0.243 e. The number of amides is 2. The normalized spacial score (nSPS) is 19.3. The van der Waals surface area contributed by atoms with E-state index in [-0.39, 0.29) is 11.8 Å². The molecule has 0 saturated carbocycles. The molecule has 132 valence electrons.